The lowest BCUT2D eigenvalue weighted by Gasteiger charge is -2.26. The molecule has 1 aromatic heterocycles. The third-order valence-electron chi connectivity index (χ3n) is 3.21. The van der Waals surface area contributed by atoms with E-state index >= 15 is 0 Å². The van der Waals surface area contributed by atoms with Crippen LogP contribution in [-0.4, -0.2) is 10.8 Å². The van der Waals surface area contributed by atoms with Gasteiger partial charge in [-0.15, -0.1) is 0 Å². The van der Waals surface area contributed by atoms with Gasteiger partial charge in [0.25, 0.3) is 0 Å². The summed E-state index contributed by atoms with van der Waals surface area (Å²) in [6, 6.07) is 9.20. The minimum atomic E-state index is -0.355. The van der Waals surface area contributed by atoms with Gasteiger partial charge in [0.05, 0.1) is 23.4 Å². The minimum absolute atomic E-state index is 0.0484. The Morgan fingerprint density at radius 2 is 2.21 bits per heavy atom. The zero-order valence-corrected chi connectivity index (χ0v) is 10.6. The Bertz CT molecular complexity index is 638. The van der Waals surface area contributed by atoms with Gasteiger partial charge in [-0.3, -0.25) is 9.78 Å². The number of nitrogens with zero attached hydrogens (tertiary/aromatic N) is 1. The molecule has 0 radical (unpaired) electrons. The SMILES string of the molecule is Cc1cc(N)c2c(c1)C(=O)CC(c1ccccn1)O2. The number of Topliss-reactive ketones (excluding diaryl/α,β-unsaturated/α-hetero) is 1. The maximum atomic E-state index is 12.2. The van der Waals surface area contributed by atoms with Crippen LogP contribution in [0.4, 0.5) is 5.69 Å². The van der Waals surface area contributed by atoms with Crippen molar-refractivity contribution in [2.75, 3.05) is 5.73 Å². The quantitative estimate of drug-likeness (QED) is 0.794. The number of fused-ring (bicyclic) bond motifs is 1. The van der Waals surface area contributed by atoms with E-state index in [1.807, 2.05) is 37.3 Å². The molecule has 0 spiro atoms. The number of hydrogen-bond acceptors (Lipinski definition) is 4. The van der Waals surface area contributed by atoms with Gasteiger partial charge in [-0.1, -0.05) is 6.07 Å². The first-order valence-electron chi connectivity index (χ1n) is 6.16. The van der Waals surface area contributed by atoms with Crippen LogP contribution < -0.4 is 10.5 Å². The van der Waals surface area contributed by atoms with Gasteiger partial charge in [-0.05, 0) is 36.8 Å². The minimum Gasteiger partial charge on any atom is -0.481 e. The third kappa shape index (κ3) is 2.05. The summed E-state index contributed by atoms with van der Waals surface area (Å²) in [5.41, 5.74) is 8.74. The number of ketones is 1. The van der Waals surface area contributed by atoms with Gasteiger partial charge in [-0.2, -0.15) is 0 Å². The number of carbonyl (C=O) groups excluding carboxylic acids is 1. The molecule has 2 heterocycles. The average Bonchev–Trinajstić information content (AvgIpc) is 2.41. The van der Waals surface area contributed by atoms with Crippen LogP contribution in [0.2, 0.25) is 0 Å². The van der Waals surface area contributed by atoms with Crippen LogP contribution in [0, 0.1) is 6.92 Å². The predicted octanol–water partition coefficient (Wildman–Crippen LogP) is 2.68. The molecule has 1 aliphatic heterocycles. The zero-order chi connectivity index (χ0) is 13.4. The number of ether oxygens (including phenoxy) is 1. The van der Waals surface area contributed by atoms with E-state index in [1.54, 1.807) is 6.20 Å². The van der Waals surface area contributed by atoms with Gasteiger partial charge in [0.2, 0.25) is 0 Å². The Morgan fingerprint density at radius 3 is 2.95 bits per heavy atom. The molecule has 96 valence electrons. The van der Waals surface area contributed by atoms with Crippen LogP contribution in [-0.2, 0) is 0 Å². The molecule has 2 aromatic rings. The van der Waals surface area contributed by atoms with E-state index in [4.69, 9.17) is 10.5 Å². The summed E-state index contributed by atoms with van der Waals surface area (Å²) in [6.07, 6.45) is 1.63. The largest absolute Gasteiger partial charge is 0.481 e. The second-order valence-corrected chi connectivity index (χ2v) is 4.72. The second kappa shape index (κ2) is 4.39. The molecular formula is C15H14N2O2. The summed E-state index contributed by atoms with van der Waals surface area (Å²) in [7, 11) is 0. The van der Waals surface area contributed by atoms with Crippen LogP contribution >= 0.6 is 0 Å². The lowest BCUT2D eigenvalue weighted by Crippen LogP contribution is -2.22. The van der Waals surface area contributed by atoms with E-state index in [0.717, 1.165) is 11.3 Å². The van der Waals surface area contributed by atoms with E-state index in [1.165, 1.54) is 0 Å². The van der Waals surface area contributed by atoms with Crippen molar-refractivity contribution < 1.29 is 9.53 Å². The Kier molecular flexibility index (Phi) is 2.71. The van der Waals surface area contributed by atoms with E-state index in [9.17, 15) is 4.79 Å². The first-order chi connectivity index (χ1) is 9.15. The number of benzene rings is 1. The van der Waals surface area contributed by atoms with Crippen LogP contribution in [0.3, 0.4) is 0 Å². The number of anilines is 1. The van der Waals surface area contributed by atoms with Crippen LogP contribution in [0.1, 0.15) is 34.1 Å². The van der Waals surface area contributed by atoms with E-state index in [2.05, 4.69) is 4.98 Å². The highest BCUT2D eigenvalue weighted by Gasteiger charge is 2.29. The van der Waals surface area contributed by atoms with Crippen molar-refractivity contribution >= 4 is 11.5 Å². The number of hydrogen-bond donors (Lipinski definition) is 1. The second-order valence-electron chi connectivity index (χ2n) is 4.72. The molecule has 0 saturated heterocycles. The Labute approximate surface area is 111 Å². The van der Waals surface area contributed by atoms with Gasteiger partial charge < -0.3 is 10.5 Å². The summed E-state index contributed by atoms with van der Waals surface area (Å²) in [5, 5.41) is 0. The van der Waals surface area contributed by atoms with Crippen molar-refractivity contribution in [3.63, 3.8) is 0 Å². The number of pyridine rings is 1. The van der Waals surface area contributed by atoms with Crippen molar-refractivity contribution in [1.29, 1.82) is 0 Å². The molecule has 4 heteroatoms. The molecule has 1 aliphatic rings. The smallest absolute Gasteiger partial charge is 0.170 e. The topological polar surface area (TPSA) is 65.2 Å². The van der Waals surface area contributed by atoms with Crippen LogP contribution in [0.5, 0.6) is 5.75 Å². The predicted molar refractivity (Wildman–Crippen MR) is 72.1 cm³/mol. The van der Waals surface area contributed by atoms with Gasteiger partial charge in [-0.25, -0.2) is 0 Å². The van der Waals surface area contributed by atoms with Gasteiger partial charge >= 0.3 is 0 Å². The molecule has 3 rings (SSSR count). The molecule has 0 amide bonds. The van der Waals surface area contributed by atoms with Crippen molar-refractivity contribution in [2.24, 2.45) is 0 Å². The zero-order valence-electron chi connectivity index (χ0n) is 10.6. The third-order valence-corrected chi connectivity index (χ3v) is 3.21. The highest BCUT2D eigenvalue weighted by molar-refractivity contribution is 6.01. The Hall–Kier alpha value is -2.36. The monoisotopic (exact) mass is 254 g/mol. The number of rotatable bonds is 1. The highest BCUT2D eigenvalue weighted by atomic mass is 16.5. The fourth-order valence-corrected chi connectivity index (χ4v) is 2.33. The lowest BCUT2D eigenvalue weighted by molar-refractivity contribution is 0.0846. The maximum Gasteiger partial charge on any atom is 0.170 e. The van der Waals surface area contributed by atoms with Gasteiger partial charge in [0.15, 0.2) is 11.5 Å². The van der Waals surface area contributed by atoms with Crippen molar-refractivity contribution in [3.8, 4) is 5.75 Å². The van der Waals surface area contributed by atoms with Gasteiger partial charge in [0, 0.05) is 6.20 Å². The summed E-state index contributed by atoms with van der Waals surface area (Å²) in [5.74, 6) is 0.532. The average molecular weight is 254 g/mol. The molecular weight excluding hydrogens is 240 g/mol. The molecule has 4 nitrogen and oxygen atoms in total. The standard InChI is InChI=1S/C15H14N2O2/c1-9-6-10-13(18)8-14(12-4-2-3-5-17-12)19-15(10)11(16)7-9/h2-7,14H,8,16H2,1H3. The fourth-order valence-electron chi connectivity index (χ4n) is 2.33. The number of nitrogens with two attached hydrogens (primary N) is 1. The molecule has 1 atom stereocenters. The van der Waals surface area contributed by atoms with E-state index in [-0.39, 0.29) is 11.9 Å². The normalized spacial score (nSPS) is 17.7. The summed E-state index contributed by atoms with van der Waals surface area (Å²) in [6.45, 7) is 1.91. The number of carbonyl (C=O) groups is 1. The number of nitrogen functional groups attached to an aromatic ring is 1. The molecule has 1 aromatic carbocycles. The van der Waals surface area contributed by atoms with Crippen molar-refractivity contribution in [3.05, 3.63) is 53.3 Å². The lowest BCUT2D eigenvalue weighted by atomic mass is 9.96. The molecule has 0 bridgehead atoms. The first kappa shape index (κ1) is 11.7. The molecule has 0 fully saturated rings. The Morgan fingerprint density at radius 1 is 1.37 bits per heavy atom. The summed E-state index contributed by atoms with van der Waals surface area (Å²) in [4.78, 5) is 16.4. The molecule has 2 N–H and O–H groups in total. The molecule has 1 unspecified atom stereocenters. The molecule has 0 aliphatic carbocycles. The van der Waals surface area contributed by atoms with Gasteiger partial charge in [0.1, 0.15) is 6.10 Å². The number of aryl methyl sites for hydroxylation is 1. The summed E-state index contributed by atoms with van der Waals surface area (Å²) < 4.78 is 5.87. The highest BCUT2D eigenvalue weighted by Crippen LogP contribution is 2.38. The van der Waals surface area contributed by atoms with Crippen LogP contribution in [0.25, 0.3) is 0 Å². The van der Waals surface area contributed by atoms with E-state index < -0.39 is 0 Å². The number of aromatic nitrogens is 1. The molecule has 19 heavy (non-hydrogen) atoms. The molecule has 0 saturated carbocycles. The van der Waals surface area contributed by atoms with Crippen molar-refractivity contribution in [2.45, 2.75) is 19.4 Å². The van der Waals surface area contributed by atoms with Crippen LogP contribution in [0.15, 0.2) is 36.5 Å². The van der Waals surface area contributed by atoms with E-state index in [0.29, 0.717) is 23.4 Å². The fraction of sp³-hybridized carbons (Fsp3) is 0.200. The van der Waals surface area contributed by atoms with Crippen molar-refractivity contribution in [1.82, 2.24) is 4.98 Å². The first-order valence-corrected chi connectivity index (χ1v) is 6.16. The Balaban J connectivity index is 2.03. The maximum absolute atomic E-state index is 12.2. The summed E-state index contributed by atoms with van der Waals surface area (Å²) >= 11 is 0.